The van der Waals surface area contributed by atoms with Gasteiger partial charge in [0.2, 0.25) is 5.91 Å². The van der Waals surface area contributed by atoms with Gasteiger partial charge < -0.3 is 11.1 Å². The summed E-state index contributed by atoms with van der Waals surface area (Å²) >= 11 is 1.91. The van der Waals surface area contributed by atoms with Crippen molar-refractivity contribution in [3.05, 3.63) is 35.4 Å². The van der Waals surface area contributed by atoms with Crippen molar-refractivity contribution >= 4 is 17.7 Å². The molecule has 0 heterocycles. The van der Waals surface area contributed by atoms with E-state index in [0.717, 1.165) is 17.1 Å². The number of nitrogens with one attached hydrogen (secondary N) is 1. The zero-order valence-corrected chi connectivity index (χ0v) is 11.2. The van der Waals surface area contributed by atoms with Gasteiger partial charge in [-0.1, -0.05) is 25.1 Å². The van der Waals surface area contributed by atoms with E-state index in [1.54, 1.807) is 6.07 Å². The van der Waals surface area contributed by atoms with Gasteiger partial charge in [-0.15, -0.1) is 0 Å². The molecule has 1 rings (SSSR count). The molecule has 3 N–H and O–H groups in total. The normalized spacial score (nSPS) is 12.4. The molecule has 1 amide bonds. The Bertz CT molecular complexity index is 368. The van der Waals surface area contributed by atoms with Crippen molar-refractivity contribution < 1.29 is 4.79 Å². The highest BCUT2D eigenvalue weighted by Gasteiger charge is 2.08. The van der Waals surface area contributed by atoms with Crippen LogP contribution in [0.25, 0.3) is 0 Å². The average Bonchev–Trinajstić information content (AvgIpc) is 2.34. The smallest absolute Gasteiger partial charge is 0.249 e. The van der Waals surface area contributed by atoms with Crippen LogP contribution in [0.2, 0.25) is 0 Å². The topological polar surface area (TPSA) is 55.1 Å². The molecule has 3 nitrogen and oxygen atoms in total. The summed E-state index contributed by atoms with van der Waals surface area (Å²) in [6.07, 6.45) is 0. The van der Waals surface area contributed by atoms with Crippen LogP contribution in [-0.4, -0.2) is 23.5 Å². The fraction of sp³-hybridized carbons (Fsp3) is 0.462. The average molecular weight is 252 g/mol. The van der Waals surface area contributed by atoms with Crippen LogP contribution in [0.1, 0.15) is 29.8 Å². The van der Waals surface area contributed by atoms with E-state index in [-0.39, 0.29) is 5.91 Å². The van der Waals surface area contributed by atoms with Gasteiger partial charge in [-0.2, -0.15) is 11.8 Å². The van der Waals surface area contributed by atoms with E-state index < -0.39 is 0 Å². The van der Waals surface area contributed by atoms with Crippen LogP contribution in [0.5, 0.6) is 0 Å². The van der Waals surface area contributed by atoms with Crippen LogP contribution >= 0.6 is 11.8 Å². The van der Waals surface area contributed by atoms with E-state index in [0.29, 0.717) is 18.2 Å². The Morgan fingerprint density at radius 2 is 2.18 bits per heavy atom. The van der Waals surface area contributed by atoms with Gasteiger partial charge in [-0.25, -0.2) is 0 Å². The summed E-state index contributed by atoms with van der Waals surface area (Å²) in [6.45, 7) is 4.99. The largest absolute Gasteiger partial charge is 0.366 e. The molecule has 0 bridgehead atoms. The van der Waals surface area contributed by atoms with E-state index in [2.05, 4.69) is 19.2 Å². The number of thioether (sulfide) groups is 1. The summed E-state index contributed by atoms with van der Waals surface area (Å²) < 4.78 is 0. The number of nitrogens with two attached hydrogens (primary N) is 1. The van der Waals surface area contributed by atoms with E-state index in [1.165, 1.54) is 0 Å². The van der Waals surface area contributed by atoms with Gasteiger partial charge in [-0.3, -0.25) is 4.79 Å². The fourth-order valence-electron chi connectivity index (χ4n) is 1.55. The van der Waals surface area contributed by atoms with Crippen LogP contribution < -0.4 is 11.1 Å². The minimum absolute atomic E-state index is 0.363. The molecule has 0 radical (unpaired) electrons. The minimum Gasteiger partial charge on any atom is -0.366 e. The monoisotopic (exact) mass is 252 g/mol. The number of rotatable bonds is 7. The van der Waals surface area contributed by atoms with Gasteiger partial charge in [0.1, 0.15) is 0 Å². The predicted molar refractivity (Wildman–Crippen MR) is 74.3 cm³/mol. The van der Waals surface area contributed by atoms with Crippen molar-refractivity contribution in [1.29, 1.82) is 0 Å². The van der Waals surface area contributed by atoms with E-state index >= 15 is 0 Å². The lowest BCUT2D eigenvalue weighted by Gasteiger charge is -2.14. The molecule has 0 saturated heterocycles. The molecule has 1 aromatic rings. The first-order valence-corrected chi connectivity index (χ1v) is 6.99. The highest BCUT2D eigenvalue weighted by molar-refractivity contribution is 7.99. The maximum Gasteiger partial charge on any atom is 0.249 e. The quantitative estimate of drug-likeness (QED) is 0.780. The summed E-state index contributed by atoms with van der Waals surface area (Å²) in [5.74, 6) is 1.84. The number of primary amides is 1. The highest BCUT2D eigenvalue weighted by Crippen LogP contribution is 2.09. The third-order valence-electron chi connectivity index (χ3n) is 2.50. The molecule has 0 aliphatic rings. The number of amides is 1. The van der Waals surface area contributed by atoms with Crippen LogP contribution in [-0.2, 0) is 6.54 Å². The van der Waals surface area contributed by atoms with Crippen molar-refractivity contribution in [2.24, 2.45) is 5.73 Å². The molecule has 0 aliphatic carbocycles. The third kappa shape index (κ3) is 4.79. The zero-order valence-electron chi connectivity index (χ0n) is 10.4. The molecule has 0 aromatic heterocycles. The molecule has 1 aromatic carbocycles. The van der Waals surface area contributed by atoms with E-state index in [1.807, 2.05) is 30.0 Å². The summed E-state index contributed by atoms with van der Waals surface area (Å²) in [5, 5.41) is 3.40. The van der Waals surface area contributed by atoms with Crippen LogP contribution in [0.3, 0.4) is 0 Å². The van der Waals surface area contributed by atoms with Crippen LogP contribution in [0.4, 0.5) is 0 Å². The minimum atomic E-state index is -0.363. The van der Waals surface area contributed by atoms with Crippen LogP contribution in [0, 0.1) is 0 Å². The number of benzene rings is 1. The Hall–Kier alpha value is -1.00. The first-order valence-electron chi connectivity index (χ1n) is 5.84. The Morgan fingerprint density at radius 1 is 1.47 bits per heavy atom. The molecule has 0 aliphatic heterocycles. The molecule has 0 saturated carbocycles. The van der Waals surface area contributed by atoms with Gasteiger partial charge in [0.25, 0.3) is 0 Å². The lowest BCUT2D eigenvalue weighted by molar-refractivity contribution is 0.0999. The van der Waals surface area contributed by atoms with Crippen molar-refractivity contribution in [1.82, 2.24) is 5.32 Å². The van der Waals surface area contributed by atoms with Crippen molar-refractivity contribution in [2.75, 3.05) is 11.5 Å². The van der Waals surface area contributed by atoms with Gasteiger partial charge in [-0.05, 0) is 24.3 Å². The van der Waals surface area contributed by atoms with Gasteiger partial charge >= 0.3 is 0 Å². The molecule has 0 spiro atoms. The number of hydrogen-bond acceptors (Lipinski definition) is 3. The summed E-state index contributed by atoms with van der Waals surface area (Å²) in [6, 6.07) is 7.90. The Labute approximate surface area is 107 Å². The number of carbonyl (C=O) groups is 1. The molecular formula is C13H20N2OS. The molecule has 17 heavy (non-hydrogen) atoms. The summed E-state index contributed by atoms with van der Waals surface area (Å²) in [5.41, 5.74) is 6.90. The molecule has 4 heteroatoms. The summed E-state index contributed by atoms with van der Waals surface area (Å²) in [4.78, 5) is 11.2. The second kappa shape index (κ2) is 7.35. The fourth-order valence-corrected chi connectivity index (χ4v) is 2.26. The SMILES string of the molecule is CCSCC(C)NCc1ccccc1C(N)=O. The van der Waals surface area contributed by atoms with E-state index in [4.69, 9.17) is 5.73 Å². The molecule has 1 unspecified atom stereocenters. The van der Waals surface area contributed by atoms with Crippen LogP contribution in [0.15, 0.2) is 24.3 Å². The van der Waals surface area contributed by atoms with Crippen molar-refractivity contribution in [3.63, 3.8) is 0 Å². The molecule has 94 valence electrons. The van der Waals surface area contributed by atoms with Gasteiger partial charge in [0.05, 0.1) is 0 Å². The zero-order chi connectivity index (χ0) is 12.7. The first-order chi connectivity index (χ1) is 8.15. The van der Waals surface area contributed by atoms with Crippen molar-refractivity contribution in [2.45, 2.75) is 26.4 Å². The van der Waals surface area contributed by atoms with E-state index in [9.17, 15) is 4.79 Å². The summed E-state index contributed by atoms with van der Waals surface area (Å²) in [7, 11) is 0. The number of carbonyl (C=O) groups excluding carboxylic acids is 1. The number of hydrogen-bond donors (Lipinski definition) is 2. The van der Waals surface area contributed by atoms with Gasteiger partial charge in [0, 0.05) is 23.9 Å². The molecule has 1 atom stereocenters. The molecular weight excluding hydrogens is 232 g/mol. The predicted octanol–water partition coefficient (Wildman–Crippen LogP) is 2.02. The standard InChI is InChI=1S/C13H20N2OS/c1-3-17-9-10(2)15-8-11-6-4-5-7-12(11)13(14)16/h4-7,10,15H,3,8-9H2,1-2H3,(H2,14,16). The Morgan fingerprint density at radius 3 is 2.82 bits per heavy atom. The highest BCUT2D eigenvalue weighted by atomic mass is 32.2. The lowest BCUT2D eigenvalue weighted by Crippen LogP contribution is -2.29. The van der Waals surface area contributed by atoms with Gasteiger partial charge in [0.15, 0.2) is 0 Å². The Kier molecular flexibility index (Phi) is 6.08. The molecule has 0 fully saturated rings. The first kappa shape index (κ1) is 14.1. The Balaban J connectivity index is 2.54. The second-order valence-corrected chi connectivity index (χ2v) is 5.28. The maximum absolute atomic E-state index is 11.2. The maximum atomic E-state index is 11.2. The van der Waals surface area contributed by atoms with Crippen molar-refractivity contribution in [3.8, 4) is 0 Å². The lowest BCUT2D eigenvalue weighted by atomic mass is 10.1. The second-order valence-electron chi connectivity index (χ2n) is 3.96. The third-order valence-corrected chi connectivity index (χ3v) is 3.64.